The van der Waals surface area contributed by atoms with E-state index in [9.17, 15) is 0 Å². The molecule has 0 bridgehead atoms. The van der Waals surface area contributed by atoms with Gasteiger partial charge in [0.1, 0.15) is 0 Å². The van der Waals surface area contributed by atoms with E-state index in [0.717, 1.165) is 16.6 Å². The number of benzene rings is 1. The first kappa shape index (κ1) is 8.38. The second-order valence-corrected chi connectivity index (χ2v) is 3.51. The van der Waals surface area contributed by atoms with Gasteiger partial charge < -0.3 is 5.73 Å². The van der Waals surface area contributed by atoms with E-state index >= 15 is 0 Å². The maximum absolute atomic E-state index is 5.91. The summed E-state index contributed by atoms with van der Waals surface area (Å²) in [7, 11) is 1.89. The monoisotopic (exact) mass is 195 g/mol. The molecule has 0 saturated carbocycles. The van der Waals surface area contributed by atoms with Gasteiger partial charge in [0.15, 0.2) is 0 Å². The van der Waals surface area contributed by atoms with Gasteiger partial charge in [-0.15, -0.1) is 0 Å². The molecule has 13 heavy (non-hydrogen) atoms. The minimum Gasteiger partial charge on any atom is -0.397 e. The van der Waals surface area contributed by atoms with Gasteiger partial charge in [0.2, 0.25) is 0 Å². The SMILES string of the molecule is Cc1nn(C)c2cc(N)c(Cl)cc12. The van der Waals surface area contributed by atoms with Crippen molar-refractivity contribution in [3.8, 4) is 0 Å². The molecule has 0 amide bonds. The van der Waals surface area contributed by atoms with E-state index in [2.05, 4.69) is 5.10 Å². The van der Waals surface area contributed by atoms with Crippen LogP contribution in [0.1, 0.15) is 5.69 Å². The molecule has 1 heterocycles. The molecule has 2 N–H and O–H groups in total. The van der Waals surface area contributed by atoms with Crippen LogP contribution in [0.2, 0.25) is 5.02 Å². The minimum absolute atomic E-state index is 0.587. The quantitative estimate of drug-likeness (QED) is 0.655. The zero-order chi connectivity index (χ0) is 9.59. The first-order valence-corrected chi connectivity index (χ1v) is 4.35. The fourth-order valence-corrected chi connectivity index (χ4v) is 1.63. The van der Waals surface area contributed by atoms with E-state index in [-0.39, 0.29) is 0 Å². The van der Waals surface area contributed by atoms with Gasteiger partial charge in [0.05, 0.1) is 21.9 Å². The van der Waals surface area contributed by atoms with Crippen molar-refractivity contribution in [1.82, 2.24) is 9.78 Å². The summed E-state index contributed by atoms with van der Waals surface area (Å²) >= 11 is 5.91. The normalized spacial score (nSPS) is 11.0. The van der Waals surface area contributed by atoms with E-state index in [4.69, 9.17) is 17.3 Å². The standard InChI is InChI=1S/C9H10ClN3/c1-5-6-3-7(10)8(11)4-9(6)13(2)12-5/h3-4H,11H2,1-2H3. The topological polar surface area (TPSA) is 43.8 Å². The van der Waals surface area contributed by atoms with Crippen molar-refractivity contribution in [2.24, 2.45) is 7.05 Å². The molecule has 0 aliphatic carbocycles. The Morgan fingerprint density at radius 1 is 1.46 bits per heavy atom. The van der Waals surface area contributed by atoms with Gasteiger partial charge in [-0.1, -0.05) is 11.6 Å². The van der Waals surface area contributed by atoms with E-state index < -0.39 is 0 Å². The largest absolute Gasteiger partial charge is 0.397 e. The van der Waals surface area contributed by atoms with E-state index in [0.29, 0.717) is 10.7 Å². The van der Waals surface area contributed by atoms with Crippen LogP contribution in [-0.2, 0) is 7.05 Å². The zero-order valence-electron chi connectivity index (χ0n) is 7.50. The summed E-state index contributed by atoms with van der Waals surface area (Å²) in [6.45, 7) is 1.95. The van der Waals surface area contributed by atoms with Crippen LogP contribution in [-0.4, -0.2) is 9.78 Å². The predicted octanol–water partition coefficient (Wildman–Crippen LogP) is 2.12. The van der Waals surface area contributed by atoms with Gasteiger partial charge in [-0.25, -0.2) is 0 Å². The number of aryl methyl sites for hydroxylation is 2. The van der Waals surface area contributed by atoms with Crippen molar-refractivity contribution >= 4 is 28.2 Å². The lowest BCUT2D eigenvalue weighted by atomic mass is 10.2. The van der Waals surface area contributed by atoms with Crippen LogP contribution in [0.4, 0.5) is 5.69 Å². The number of rotatable bonds is 0. The highest BCUT2D eigenvalue weighted by Gasteiger charge is 2.07. The van der Waals surface area contributed by atoms with Gasteiger partial charge in [-0.05, 0) is 19.1 Å². The van der Waals surface area contributed by atoms with Crippen molar-refractivity contribution in [2.75, 3.05) is 5.73 Å². The van der Waals surface area contributed by atoms with Crippen molar-refractivity contribution in [3.63, 3.8) is 0 Å². The highest BCUT2D eigenvalue weighted by molar-refractivity contribution is 6.33. The van der Waals surface area contributed by atoms with E-state index in [1.807, 2.05) is 26.1 Å². The molecule has 0 aliphatic rings. The van der Waals surface area contributed by atoms with Crippen molar-refractivity contribution in [2.45, 2.75) is 6.92 Å². The lowest BCUT2D eigenvalue weighted by Gasteiger charge is -1.98. The average molecular weight is 196 g/mol. The van der Waals surface area contributed by atoms with Gasteiger partial charge in [0, 0.05) is 12.4 Å². The van der Waals surface area contributed by atoms with Crippen molar-refractivity contribution in [3.05, 3.63) is 22.8 Å². The Labute approximate surface area is 81.1 Å². The Morgan fingerprint density at radius 3 is 2.85 bits per heavy atom. The lowest BCUT2D eigenvalue weighted by molar-refractivity contribution is 0.783. The number of aromatic nitrogens is 2. The van der Waals surface area contributed by atoms with Crippen LogP contribution in [0.15, 0.2) is 12.1 Å². The molecule has 0 spiro atoms. The Kier molecular flexibility index (Phi) is 1.70. The fraction of sp³-hybridized carbons (Fsp3) is 0.222. The third-order valence-electron chi connectivity index (χ3n) is 2.15. The van der Waals surface area contributed by atoms with Gasteiger partial charge >= 0.3 is 0 Å². The number of nitrogen functional groups attached to an aromatic ring is 1. The molecule has 1 aromatic carbocycles. The molecule has 0 radical (unpaired) electrons. The fourth-order valence-electron chi connectivity index (χ4n) is 1.47. The predicted molar refractivity (Wildman–Crippen MR) is 54.9 cm³/mol. The molecule has 2 aromatic rings. The summed E-state index contributed by atoms with van der Waals surface area (Å²) in [6.07, 6.45) is 0. The molecule has 0 aliphatic heterocycles. The third-order valence-corrected chi connectivity index (χ3v) is 2.48. The molecule has 0 saturated heterocycles. The molecule has 0 fully saturated rings. The zero-order valence-corrected chi connectivity index (χ0v) is 8.26. The Balaban J connectivity index is 2.91. The number of halogens is 1. The number of anilines is 1. The first-order valence-electron chi connectivity index (χ1n) is 3.98. The lowest BCUT2D eigenvalue weighted by Crippen LogP contribution is -1.91. The van der Waals surface area contributed by atoms with Crippen LogP contribution in [0, 0.1) is 6.92 Å². The molecule has 3 nitrogen and oxygen atoms in total. The maximum Gasteiger partial charge on any atom is 0.0703 e. The first-order chi connectivity index (χ1) is 6.09. The third kappa shape index (κ3) is 1.16. The highest BCUT2D eigenvalue weighted by atomic mass is 35.5. The molecule has 0 unspecified atom stereocenters. The van der Waals surface area contributed by atoms with Crippen LogP contribution < -0.4 is 5.73 Å². The van der Waals surface area contributed by atoms with Crippen LogP contribution in [0.5, 0.6) is 0 Å². The molecular formula is C9H10ClN3. The summed E-state index contributed by atoms with van der Waals surface area (Å²) in [5.74, 6) is 0. The van der Waals surface area contributed by atoms with Gasteiger partial charge in [-0.3, -0.25) is 4.68 Å². The number of hydrogen-bond acceptors (Lipinski definition) is 2. The summed E-state index contributed by atoms with van der Waals surface area (Å²) < 4.78 is 1.80. The van der Waals surface area contributed by atoms with Gasteiger partial charge in [0.25, 0.3) is 0 Å². The van der Waals surface area contributed by atoms with Crippen molar-refractivity contribution in [1.29, 1.82) is 0 Å². The summed E-state index contributed by atoms with van der Waals surface area (Å²) in [6, 6.07) is 3.70. The second-order valence-electron chi connectivity index (χ2n) is 3.10. The molecule has 2 rings (SSSR count). The minimum atomic E-state index is 0.587. The summed E-state index contributed by atoms with van der Waals surface area (Å²) in [4.78, 5) is 0. The maximum atomic E-state index is 5.91. The Hall–Kier alpha value is -1.22. The number of hydrogen-bond donors (Lipinski definition) is 1. The highest BCUT2D eigenvalue weighted by Crippen LogP contribution is 2.27. The van der Waals surface area contributed by atoms with E-state index in [1.165, 1.54) is 0 Å². The number of fused-ring (bicyclic) bond motifs is 1. The number of nitrogens with two attached hydrogens (primary N) is 1. The number of nitrogens with zero attached hydrogens (tertiary/aromatic N) is 2. The second kappa shape index (κ2) is 2.64. The van der Waals surface area contributed by atoms with E-state index in [1.54, 1.807) is 4.68 Å². The Morgan fingerprint density at radius 2 is 2.15 bits per heavy atom. The molecule has 68 valence electrons. The summed E-state index contributed by atoms with van der Waals surface area (Å²) in [5.41, 5.74) is 8.27. The van der Waals surface area contributed by atoms with Crippen LogP contribution in [0.25, 0.3) is 10.9 Å². The Bertz CT molecular complexity index is 431. The molecule has 4 heteroatoms. The summed E-state index contributed by atoms with van der Waals surface area (Å²) in [5, 5.41) is 5.92. The van der Waals surface area contributed by atoms with Crippen molar-refractivity contribution < 1.29 is 0 Å². The van der Waals surface area contributed by atoms with Crippen LogP contribution in [0.3, 0.4) is 0 Å². The average Bonchev–Trinajstić information content (AvgIpc) is 2.31. The van der Waals surface area contributed by atoms with Gasteiger partial charge in [-0.2, -0.15) is 5.10 Å². The van der Waals surface area contributed by atoms with Crippen LogP contribution >= 0.6 is 11.6 Å². The molecular weight excluding hydrogens is 186 g/mol. The smallest absolute Gasteiger partial charge is 0.0703 e. The molecule has 1 aromatic heterocycles. The molecule has 0 atom stereocenters.